The standard InChI is InChI=1S/C11H12Br2N2O3/c1-5(11(17)18)6(2)15-10(16)9-8(13)3-7(12)4-14-9/h3-6H,1-2H3,(H,15,16)(H,17,18). The minimum Gasteiger partial charge on any atom is -0.481 e. The first kappa shape index (κ1) is 15.1. The molecular weight excluding hydrogens is 368 g/mol. The number of halogens is 2. The van der Waals surface area contributed by atoms with Gasteiger partial charge in [-0.25, -0.2) is 4.98 Å². The number of carbonyl (C=O) groups excluding carboxylic acids is 1. The maximum absolute atomic E-state index is 11.9. The van der Waals surface area contributed by atoms with Gasteiger partial charge >= 0.3 is 5.97 Å². The zero-order chi connectivity index (χ0) is 13.9. The van der Waals surface area contributed by atoms with Gasteiger partial charge in [-0.3, -0.25) is 9.59 Å². The lowest BCUT2D eigenvalue weighted by Gasteiger charge is -2.17. The SMILES string of the molecule is CC(NC(=O)c1ncc(Br)cc1Br)C(C)C(=O)O. The summed E-state index contributed by atoms with van der Waals surface area (Å²) < 4.78 is 1.29. The van der Waals surface area contributed by atoms with E-state index >= 15 is 0 Å². The predicted octanol–water partition coefficient (Wildman–Crippen LogP) is 2.45. The molecule has 0 spiro atoms. The molecule has 1 rings (SSSR count). The van der Waals surface area contributed by atoms with Crippen LogP contribution in [0.3, 0.4) is 0 Å². The monoisotopic (exact) mass is 378 g/mol. The first-order valence-corrected chi connectivity index (χ1v) is 6.76. The molecule has 0 aliphatic heterocycles. The minimum atomic E-state index is -0.953. The Morgan fingerprint density at radius 3 is 2.50 bits per heavy atom. The molecule has 7 heteroatoms. The zero-order valence-electron chi connectivity index (χ0n) is 9.78. The Hall–Kier alpha value is -0.950. The largest absolute Gasteiger partial charge is 0.481 e. The van der Waals surface area contributed by atoms with Crippen molar-refractivity contribution in [2.24, 2.45) is 5.92 Å². The summed E-state index contributed by atoms with van der Waals surface area (Å²) in [5.74, 6) is -2.02. The Balaban J connectivity index is 2.79. The number of hydrogen-bond acceptors (Lipinski definition) is 3. The van der Waals surface area contributed by atoms with Gasteiger partial charge in [0.05, 0.1) is 10.4 Å². The molecule has 0 bridgehead atoms. The van der Waals surface area contributed by atoms with E-state index in [1.54, 1.807) is 13.0 Å². The molecule has 1 amide bonds. The third kappa shape index (κ3) is 3.78. The summed E-state index contributed by atoms with van der Waals surface area (Å²) >= 11 is 6.47. The molecule has 0 fully saturated rings. The highest BCUT2D eigenvalue weighted by atomic mass is 79.9. The van der Waals surface area contributed by atoms with E-state index in [-0.39, 0.29) is 5.69 Å². The Labute approximate surface area is 121 Å². The summed E-state index contributed by atoms with van der Waals surface area (Å²) in [7, 11) is 0. The van der Waals surface area contributed by atoms with Crippen LogP contribution in [0.1, 0.15) is 24.3 Å². The molecule has 0 aliphatic rings. The van der Waals surface area contributed by atoms with Crippen LogP contribution in [0.15, 0.2) is 21.2 Å². The van der Waals surface area contributed by atoms with Gasteiger partial charge in [-0.05, 0) is 51.8 Å². The highest BCUT2D eigenvalue weighted by Crippen LogP contribution is 2.19. The Bertz CT molecular complexity index is 479. The van der Waals surface area contributed by atoms with E-state index in [4.69, 9.17) is 5.11 Å². The number of nitrogens with one attached hydrogen (secondary N) is 1. The third-order valence-corrected chi connectivity index (χ3v) is 3.56. The van der Waals surface area contributed by atoms with Gasteiger partial charge < -0.3 is 10.4 Å². The van der Waals surface area contributed by atoms with Gasteiger partial charge in [0.25, 0.3) is 5.91 Å². The second kappa shape index (κ2) is 6.29. The van der Waals surface area contributed by atoms with E-state index in [9.17, 15) is 9.59 Å². The van der Waals surface area contributed by atoms with Crippen LogP contribution >= 0.6 is 31.9 Å². The number of carbonyl (C=O) groups is 2. The van der Waals surface area contributed by atoms with E-state index in [1.165, 1.54) is 13.1 Å². The van der Waals surface area contributed by atoms with Crippen LogP contribution in [0.5, 0.6) is 0 Å². The Morgan fingerprint density at radius 2 is 2.00 bits per heavy atom. The van der Waals surface area contributed by atoms with Crippen molar-refractivity contribution in [3.63, 3.8) is 0 Å². The molecule has 0 aromatic carbocycles. The molecule has 0 aliphatic carbocycles. The molecule has 2 atom stereocenters. The van der Waals surface area contributed by atoms with Crippen LogP contribution in [0.25, 0.3) is 0 Å². The number of carboxylic acids is 1. The molecule has 0 radical (unpaired) electrons. The molecule has 1 heterocycles. The molecule has 98 valence electrons. The van der Waals surface area contributed by atoms with Crippen LogP contribution in [-0.2, 0) is 4.79 Å². The number of aliphatic carboxylic acids is 1. The molecule has 2 unspecified atom stereocenters. The second-order valence-corrected chi connectivity index (χ2v) is 5.64. The number of pyridine rings is 1. The first-order valence-electron chi connectivity index (χ1n) is 5.17. The fourth-order valence-electron chi connectivity index (χ4n) is 1.20. The lowest BCUT2D eigenvalue weighted by molar-refractivity contribution is -0.141. The zero-order valence-corrected chi connectivity index (χ0v) is 12.9. The maximum Gasteiger partial charge on any atom is 0.308 e. The van der Waals surface area contributed by atoms with Gasteiger partial charge in [-0.1, -0.05) is 0 Å². The fourth-order valence-corrected chi connectivity index (χ4v) is 2.36. The smallest absolute Gasteiger partial charge is 0.308 e. The first-order chi connectivity index (χ1) is 8.32. The molecular formula is C11H12Br2N2O3. The number of hydrogen-bond donors (Lipinski definition) is 2. The number of rotatable bonds is 4. The summed E-state index contributed by atoms with van der Waals surface area (Å²) in [4.78, 5) is 26.7. The Kier molecular flexibility index (Phi) is 5.28. The van der Waals surface area contributed by atoms with Gasteiger partial charge in [-0.2, -0.15) is 0 Å². The normalized spacial score (nSPS) is 13.8. The fraction of sp³-hybridized carbons (Fsp3) is 0.364. The molecule has 2 N–H and O–H groups in total. The van der Waals surface area contributed by atoms with Gasteiger partial charge in [0.1, 0.15) is 5.69 Å². The topological polar surface area (TPSA) is 79.3 Å². The summed E-state index contributed by atoms with van der Waals surface area (Å²) in [6.07, 6.45) is 1.50. The van der Waals surface area contributed by atoms with E-state index in [0.29, 0.717) is 4.47 Å². The van der Waals surface area contributed by atoms with Crippen molar-refractivity contribution < 1.29 is 14.7 Å². The quantitative estimate of drug-likeness (QED) is 0.842. The van der Waals surface area contributed by atoms with Gasteiger partial charge in [0.15, 0.2) is 0 Å². The number of amides is 1. The number of nitrogens with zero attached hydrogens (tertiary/aromatic N) is 1. The minimum absolute atomic E-state index is 0.225. The van der Waals surface area contributed by atoms with E-state index in [1.807, 2.05) is 0 Å². The van der Waals surface area contributed by atoms with Crippen LogP contribution in [0, 0.1) is 5.92 Å². The third-order valence-electron chi connectivity index (χ3n) is 2.52. The van der Waals surface area contributed by atoms with Crippen molar-refractivity contribution in [1.29, 1.82) is 0 Å². The van der Waals surface area contributed by atoms with Crippen molar-refractivity contribution in [3.8, 4) is 0 Å². The molecule has 5 nitrogen and oxygen atoms in total. The van der Waals surface area contributed by atoms with Crippen molar-refractivity contribution in [2.45, 2.75) is 19.9 Å². The lowest BCUT2D eigenvalue weighted by atomic mass is 10.0. The summed E-state index contributed by atoms with van der Waals surface area (Å²) in [5, 5.41) is 11.5. The number of carboxylic acid groups (broad SMARTS) is 1. The number of aromatic nitrogens is 1. The van der Waals surface area contributed by atoms with Crippen LogP contribution in [0.2, 0.25) is 0 Å². The maximum atomic E-state index is 11.9. The predicted molar refractivity (Wildman–Crippen MR) is 73.4 cm³/mol. The molecule has 1 aromatic heterocycles. The molecule has 0 saturated carbocycles. The highest BCUT2D eigenvalue weighted by Gasteiger charge is 2.22. The molecule has 1 aromatic rings. The summed E-state index contributed by atoms with van der Waals surface area (Å²) in [5.41, 5.74) is 0.225. The van der Waals surface area contributed by atoms with Gasteiger partial charge in [0.2, 0.25) is 0 Å². The van der Waals surface area contributed by atoms with E-state index in [0.717, 1.165) is 4.47 Å². The van der Waals surface area contributed by atoms with E-state index < -0.39 is 23.8 Å². The average molecular weight is 380 g/mol. The van der Waals surface area contributed by atoms with Crippen molar-refractivity contribution in [1.82, 2.24) is 10.3 Å². The second-order valence-electron chi connectivity index (χ2n) is 3.87. The van der Waals surface area contributed by atoms with Gasteiger partial charge in [0, 0.05) is 16.7 Å². The van der Waals surface area contributed by atoms with E-state index in [2.05, 4.69) is 42.2 Å². The molecule has 18 heavy (non-hydrogen) atoms. The van der Waals surface area contributed by atoms with Crippen molar-refractivity contribution in [3.05, 3.63) is 26.9 Å². The van der Waals surface area contributed by atoms with Gasteiger partial charge in [-0.15, -0.1) is 0 Å². The molecule has 0 saturated heterocycles. The summed E-state index contributed by atoms with van der Waals surface area (Å²) in [6.45, 7) is 3.18. The van der Waals surface area contributed by atoms with Crippen LogP contribution in [-0.4, -0.2) is 28.0 Å². The average Bonchev–Trinajstić information content (AvgIpc) is 2.27. The van der Waals surface area contributed by atoms with Crippen molar-refractivity contribution in [2.75, 3.05) is 0 Å². The van der Waals surface area contributed by atoms with Crippen LogP contribution in [0.4, 0.5) is 0 Å². The highest BCUT2D eigenvalue weighted by molar-refractivity contribution is 9.11. The van der Waals surface area contributed by atoms with Crippen LogP contribution < -0.4 is 5.32 Å². The Morgan fingerprint density at radius 1 is 1.39 bits per heavy atom. The lowest BCUT2D eigenvalue weighted by Crippen LogP contribution is -2.40. The van der Waals surface area contributed by atoms with Crippen molar-refractivity contribution >= 4 is 43.7 Å². The summed E-state index contributed by atoms with van der Waals surface area (Å²) in [6, 6.07) is 1.22.